The fourth-order valence-electron chi connectivity index (χ4n) is 2.02. The van der Waals surface area contributed by atoms with Crippen LogP contribution in [-0.2, 0) is 11.3 Å². The Balaban J connectivity index is 1.74. The third-order valence-electron chi connectivity index (χ3n) is 3.42. The Morgan fingerprint density at radius 3 is 2.68 bits per heavy atom. The molecular weight excluding hydrogens is 250 g/mol. The van der Waals surface area contributed by atoms with Crippen LogP contribution in [-0.4, -0.2) is 28.6 Å². The van der Waals surface area contributed by atoms with Crippen molar-refractivity contribution in [2.75, 3.05) is 6.54 Å². The maximum atomic E-state index is 11.5. The molecule has 2 amide bonds. The number of aryl methyl sites for hydroxylation is 1. The number of urea groups is 1. The molecule has 0 atom stereocenters. The van der Waals surface area contributed by atoms with Gasteiger partial charge in [-0.05, 0) is 19.8 Å². The maximum absolute atomic E-state index is 11.5. The van der Waals surface area contributed by atoms with Crippen molar-refractivity contribution in [2.45, 2.75) is 32.7 Å². The Bertz CT molecular complexity index is 479. The number of aliphatic carboxylic acids is 1. The molecule has 7 heteroatoms. The number of carboxylic acid groups (broad SMARTS) is 1. The predicted octanol–water partition coefficient (Wildman–Crippen LogP) is 1.04. The number of carbonyl (C=O) groups excluding carboxylic acids is 1. The van der Waals surface area contributed by atoms with Crippen molar-refractivity contribution in [2.24, 2.45) is 5.41 Å². The van der Waals surface area contributed by atoms with Gasteiger partial charge < -0.3 is 20.2 Å². The highest BCUT2D eigenvalue weighted by Crippen LogP contribution is 2.40. The van der Waals surface area contributed by atoms with E-state index in [2.05, 4.69) is 15.6 Å². The molecule has 1 aliphatic rings. The van der Waals surface area contributed by atoms with Gasteiger partial charge in [-0.3, -0.25) is 4.79 Å². The Kier molecular flexibility index (Phi) is 3.73. The normalized spacial score (nSPS) is 16.5. The standard InChI is InChI=1S/C12H17N3O4/c1-8-5-13-9(19-8)6-14-11(18)15-7-12(10(16)17)3-2-4-12/h5H,2-4,6-7H2,1H3,(H,16,17)(H2,14,15,18). The molecule has 0 aliphatic heterocycles. The van der Waals surface area contributed by atoms with Crippen molar-refractivity contribution >= 4 is 12.0 Å². The number of carbonyl (C=O) groups is 2. The van der Waals surface area contributed by atoms with E-state index in [-0.39, 0.29) is 13.1 Å². The van der Waals surface area contributed by atoms with Gasteiger partial charge in [0.25, 0.3) is 0 Å². The molecule has 0 unspecified atom stereocenters. The van der Waals surface area contributed by atoms with Gasteiger partial charge >= 0.3 is 12.0 Å². The minimum atomic E-state index is -0.845. The number of nitrogens with zero attached hydrogens (tertiary/aromatic N) is 1. The molecule has 7 nitrogen and oxygen atoms in total. The zero-order chi connectivity index (χ0) is 13.9. The topological polar surface area (TPSA) is 104 Å². The largest absolute Gasteiger partial charge is 0.481 e. The summed E-state index contributed by atoms with van der Waals surface area (Å²) in [6.45, 7) is 2.10. The van der Waals surface area contributed by atoms with Crippen LogP contribution in [0.3, 0.4) is 0 Å². The summed E-state index contributed by atoms with van der Waals surface area (Å²) < 4.78 is 5.20. The van der Waals surface area contributed by atoms with Crippen molar-refractivity contribution in [1.82, 2.24) is 15.6 Å². The van der Waals surface area contributed by atoms with Crippen molar-refractivity contribution in [3.05, 3.63) is 17.8 Å². The van der Waals surface area contributed by atoms with Gasteiger partial charge in [-0.1, -0.05) is 6.42 Å². The second-order valence-corrected chi connectivity index (χ2v) is 4.84. The molecule has 1 aliphatic carbocycles. The lowest BCUT2D eigenvalue weighted by Crippen LogP contribution is -2.49. The van der Waals surface area contributed by atoms with Crippen LogP contribution in [0.4, 0.5) is 4.79 Å². The molecule has 0 aromatic carbocycles. The van der Waals surface area contributed by atoms with Gasteiger partial charge in [0.15, 0.2) is 0 Å². The van der Waals surface area contributed by atoms with Gasteiger partial charge in [0, 0.05) is 6.54 Å². The van der Waals surface area contributed by atoms with Crippen molar-refractivity contribution < 1.29 is 19.1 Å². The molecule has 0 spiro atoms. The lowest BCUT2D eigenvalue weighted by atomic mass is 9.69. The highest BCUT2D eigenvalue weighted by atomic mass is 16.4. The van der Waals surface area contributed by atoms with Crippen LogP contribution in [0.2, 0.25) is 0 Å². The molecule has 0 saturated heterocycles. The Labute approximate surface area is 110 Å². The summed E-state index contributed by atoms with van der Waals surface area (Å²) in [7, 11) is 0. The number of amides is 2. The van der Waals surface area contributed by atoms with Crippen LogP contribution in [0.5, 0.6) is 0 Å². The average Bonchev–Trinajstić information content (AvgIpc) is 2.70. The third kappa shape index (κ3) is 3.04. The quantitative estimate of drug-likeness (QED) is 0.739. The minimum absolute atomic E-state index is 0.152. The van der Waals surface area contributed by atoms with E-state index < -0.39 is 17.4 Å². The number of carboxylic acids is 1. The summed E-state index contributed by atoms with van der Waals surface area (Å²) in [6.07, 6.45) is 3.69. The first-order valence-corrected chi connectivity index (χ1v) is 6.18. The number of hydrogen-bond donors (Lipinski definition) is 3. The first-order chi connectivity index (χ1) is 9.02. The fraction of sp³-hybridized carbons (Fsp3) is 0.583. The summed E-state index contributed by atoms with van der Waals surface area (Å²) in [5, 5.41) is 14.3. The number of rotatable bonds is 5. The average molecular weight is 267 g/mol. The van der Waals surface area contributed by atoms with E-state index in [4.69, 9.17) is 9.52 Å². The third-order valence-corrected chi connectivity index (χ3v) is 3.42. The first-order valence-electron chi connectivity index (χ1n) is 6.18. The molecule has 1 fully saturated rings. The van der Waals surface area contributed by atoms with Crippen LogP contribution in [0.25, 0.3) is 0 Å². The molecule has 1 heterocycles. The van der Waals surface area contributed by atoms with E-state index in [1.54, 1.807) is 13.1 Å². The van der Waals surface area contributed by atoms with Gasteiger partial charge in [0.05, 0.1) is 18.2 Å². The fourth-order valence-corrected chi connectivity index (χ4v) is 2.02. The smallest absolute Gasteiger partial charge is 0.315 e. The zero-order valence-electron chi connectivity index (χ0n) is 10.7. The predicted molar refractivity (Wildman–Crippen MR) is 65.4 cm³/mol. The second-order valence-electron chi connectivity index (χ2n) is 4.84. The second kappa shape index (κ2) is 5.29. The number of nitrogens with one attached hydrogen (secondary N) is 2. The van der Waals surface area contributed by atoms with Crippen molar-refractivity contribution in [3.63, 3.8) is 0 Å². The molecule has 1 aromatic rings. The lowest BCUT2D eigenvalue weighted by molar-refractivity contribution is -0.153. The van der Waals surface area contributed by atoms with Gasteiger partial charge in [-0.15, -0.1) is 0 Å². The summed E-state index contributed by atoms with van der Waals surface area (Å²) in [4.78, 5) is 26.6. The zero-order valence-corrected chi connectivity index (χ0v) is 10.7. The maximum Gasteiger partial charge on any atom is 0.315 e. The van der Waals surface area contributed by atoms with Crippen molar-refractivity contribution in [3.8, 4) is 0 Å². The molecule has 0 radical (unpaired) electrons. The highest BCUT2D eigenvalue weighted by Gasteiger charge is 2.44. The monoisotopic (exact) mass is 267 g/mol. The SMILES string of the molecule is Cc1cnc(CNC(=O)NCC2(C(=O)O)CCC2)o1. The van der Waals surface area contributed by atoms with Crippen LogP contribution in [0, 0.1) is 12.3 Å². The Morgan fingerprint density at radius 2 is 2.21 bits per heavy atom. The molecule has 0 bridgehead atoms. The summed E-state index contributed by atoms with van der Waals surface area (Å²) >= 11 is 0. The first kappa shape index (κ1) is 13.4. The van der Waals surface area contributed by atoms with Gasteiger partial charge in [0.2, 0.25) is 5.89 Å². The van der Waals surface area contributed by atoms with Gasteiger partial charge in [0.1, 0.15) is 5.76 Å². The lowest BCUT2D eigenvalue weighted by Gasteiger charge is -2.37. The number of oxazole rings is 1. The van der Waals surface area contributed by atoms with E-state index in [1.165, 1.54) is 0 Å². The molecule has 1 aromatic heterocycles. The number of aromatic nitrogens is 1. The Morgan fingerprint density at radius 1 is 1.47 bits per heavy atom. The summed E-state index contributed by atoms with van der Waals surface area (Å²) in [5.74, 6) is 0.253. The molecular formula is C12H17N3O4. The van der Waals surface area contributed by atoms with Gasteiger partial charge in [-0.25, -0.2) is 9.78 Å². The van der Waals surface area contributed by atoms with Crippen LogP contribution in [0.15, 0.2) is 10.6 Å². The molecule has 2 rings (SSSR count). The van der Waals surface area contributed by atoms with Crippen LogP contribution in [0.1, 0.15) is 30.9 Å². The molecule has 1 saturated carbocycles. The van der Waals surface area contributed by atoms with Crippen molar-refractivity contribution in [1.29, 1.82) is 0 Å². The van der Waals surface area contributed by atoms with Crippen LogP contribution >= 0.6 is 0 Å². The van der Waals surface area contributed by atoms with Gasteiger partial charge in [-0.2, -0.15) is 0 Å². The van der Waals surface area contributed by atoms with E-state index >= 15 is 0 Å². The Hall–Kier alpha value is -2.05. The van der Waals surface area contributed by atoms with Crippen LogP contribution < -0.4 is 10.6 Å². The summed E-state index contributed by atoms with van der Waals surface area (Å²) in [5.41, 5.74) is -0.781. The van der Waals surface area contributed by atoms with E-state index in [0.717, 1.165) is 6.42 Å². The molecule has 3 N–H and O–H groups in total. The van der Waals surface area contributed by atoms with E-state index in [1.807, 2.05) is 0 Å². The molecule has 104 valence electrons. The minimum Gasteiger partial charge on any atom is -0.481 e. The van der Waals surface area contributed by atoms with E-state index in [0.29, 0.717) is 24.5 Å². The molecule has 19 heavy (non-hydrogen) atoms. The van der Waals surface area contributed by atoms with E-state index in [9.17, 15) is 9.59 Å². The summed E-state index contributed by atoms with van der Waals surface area (Å²) in [6, 6.07) is -0.414. The number of hydrogen-bond acceptors (Lipinski definition) is 4. The highest BCUT2D eigenvalue weighted by molar-refractivity contribution is 5.78.